The van der Waals surface area contributed by atoms with Crippen LogP contribution in [-0.4, -0.2) is 24.2 Å². The van der Waals surface area contributed by atoms with E-state index in [-0.39, 0.29) is 5.60 Å². The van der Waals surface area contributed by atoms with Crippen LogP contribution >= 0.6 is 0 Å². The van der Waals surface area contributed by atoms with Crippen LogP contribution in [0.1, 0.15) is 41.5 Å². The third kappa shape index (κ3) is 4.91. The first kappa shape index (κ1) is 13.8. The second kappa shape index (κ2) is 6.35. The summed E-state index contributed by atoms with van der Waals surface area (Å²) in [7, 11) is 0. The highest BCUT2D eigenvalue weighted by Crippen LogP contribution is 2.22. The van der Waals surface area contributed by atoms with Gasteiger partial charge in [-0.25, -0.2) is 4.84 Å². The smallest absolute Gasteiger partial charge is 0.0917 e. The third-order valence-corrected chi connectivity index (χ3v) is 2.17. The van der Waals surface area contributed by atoms with E-state index in [2.05, 4.69) is 13.8 Å². The Kier molecular flexibility index (Phi) is 6.27. The summed E-state index contributed by atoms with van der Waals surface area (Å²) in [6.07, 6.45) is 0. The highest BCUT2D eigenvalue weighted by atomic mass is 17.2. The lowest BCUT2D eigenvalue weighted by atomic mass is 9.95. The molecule has 0 aliphatic heterocycles. The molecule has 0 rings (SSSR count). The summed E-state index contributed by atoms with van der Waals surface area (Å²) in [5.41, 5.74) is -0.301. The van der Waals surface area contributed by atoms with Crippen LogP contribution in [0, 0.1) is 5.92 Å². The molecule has 0 aromatic carbocycles. The molecule has 0 radical (unpaired) electrons. The first-order valence-corrected chi connectivity index (χ1v) is 5.19. The van der Waals surface area contributed by atoms with Crippen LogP contribution in [0.3, 0.4) is 0 Å². The molecule has 0 saturated carbocycles. The van der Waals surface area contributed by atoms with Gasteiger partial charge in [0.2, 0.25) is 0 Å². The summed E-state index contributed by atoms with van der Waals surface area (Å²) in [5, 5.41) is 1.11. The third-order valence-electron chi connectivity index (χ3n) is 2.17. The van der Waals surface area contributed by atoms with Gasteiger partial charge in [0.25, 0.3) is 0 Å². The molecule has 0 N–H and O–H groups in total. The summed E-state index contributed by atoms with van der Waals surface area (Å²) < 4.78 is 0. The number of hydrogen-bond acceptors (Lipinski definition) is 4. The maximum Gasteiger partial charge on any atom is 0.0917 e. The fourth-order valence-corrected chi connectivity index (χ4v) is 0.598. The second-order valence-corrected chi connectivity index (χ2v) is 3.91. The van der Waals surface area contributed by atoms with Crippen LogP contribution in [0.2, 0.25) is 0 Å². The maximum absolute atomic E-state index is 5.57. The predicted octanol–water partition coefficient (Wildman–Crippen LogP) is 2.56. The fraction of sp³-hybridized carbons (Fsp3) is 1.00. The summed E-state index contributed by atoms with van der Waals surface area (Å²) in [5.74, 6) is 0.380. The molecule has 0 aromatic heterocycles. The number of hydrogen-bond donors (Lipinski definition) is 0. The Hall–Kier alpha value is -0.160. The minimum Gasteiger partial charge on any atom is -0.251 e. The van der Waals surface area contributed by atoms with Gasteiger partial charge in [-0.05, 0) is 33.6 Å². The van der Waals surface area contributed by atoms with Crippen LogP contribution < -0.4 is 0 Å². The monoisotopic (exact) mass is 205 g/mol. The Morgan fingerprint density at radius 2 is 1.50 bits per heavy atom. The summed E-state index contributed by atoms with van der Waals surface area (Å²) in [6, 6.07) is 0. The van der Waals surface area contributed by atoms with Crippen LogP contribution in [0.25, 0.3) is 0 Å². The van der Waals surface area contributed by atoms with Gasteiger partial charge in [0.1, 0.15) is 0 Å². The molecule has 0 aliphatic rings. The summed E-state index contributed by atoms with van der Waals surface area (Å²) in [6.45, 7) is 13.0. The van der Waals surface area contributed by atoms with E-state index < -0.39 is 0 Å². The molecule has 0 fully saturated rings. The highest BCUT2D eigenvalue weighted by Gasteiger charge is 2.27. The largest absolute Gasteiger partial charge is 0.251 e. The SMILES string of the molecule is CCON(OCC)OC(C)(C)C(C)C. The van der Waals surface area contributed by atoms with Crippen molar-refractivity contribution in [3.63, 3.8) is 0 Å². The van der Waals surface area contributed by atoms with Gasteiger partial charge in [-0.1, -0.05) is 13.8 Å². The van der Waals surface area contributed by atoms with E-state index in [1.54, 1.807) is 0 Å². The number of rotatable bonds is 7. The normalized spacial score (nSPS) is 12.9. The zero-order valence-electron chi connectivity index (χ0n) is 10.2. The van der Waals surface area contributed by atoms with E-state index in [9.17, 15) is 0 Å². The van der Waals surface area contributed by atoms with Gasteiger partial charge in [0.05, 0.1) is 24.2 Å². The zero-order chi connectivity index (χ0) is 11.2. The molecule has 4 heteroatoms. The molecule has 0 spiro atoms. The summed E-state index contributed by atoms with van der Waals surface area (Å²) in [4.78, 5) is 15.9. The van der Waals surface area contributed by atoms with Crippen molar-refractivity contribution in [3.05, 3.63) is 0 Å². The first-order valence-electron chi connectivity index (χ1n) is 5.19. The topological polar surface area (TPSA) is 30.9 Å². The van der Waals surface area contributed by atoms with Crippen molar-refractivity contribution in [2.75, 3.05) is 13.2 Å². The van der Waals surface area contributed by atoms with Gasteiger partial charge in [-0.15, -0.1) is 0 Å². The van der Waals surface area contributed by atoms with Crippen LogP contribution in [-0.2, 0) is 14.5 Å². The molecule has 0 amide bonds. The molecule has 4 nitrogen and oxygen atoms in total. The molecule has 86 valence electrons. The lowest BCUT2D eigenvalue weighted by Crippen LogP contribution is -2.40. The van der Waals surface area contributed by atoms with E-state index in [1.807, 2.05) is 27.7 Å². The Morgan fingerprint density at radius 1 is 1.07 bits per heavy atom. The second-order valence-electron chi connectivity index (χ2n) is 3.91. The zero-order valence-corrected chi connectivity index (χ0v) is 10.2. The van der Waals surface area contributed by atoms with Crippen molar-refractivity contribution in [2.45, 2.75) is 47.1 Å². The lowest BCUT2D eigenvalue weighted by Gasteiger charge is -2.32. The number of nitrogens with zero attached hydrogens (tertiary/aromatic N) is 1. The van der Waals surface area contributed by atoms with E-state index in [4.69, 9.17) is 14.5 Å². The van der Waals surface area contributed by atoms with Crippen molar-refractivity contribution in [1.82, 2.24) is 5.39 Å². The average molecular weight is 205 g/mol. The quantitative estimate of drug-likeness (QED) is 0.598. The molecule has 0 atom stereocenters. The van der Waals surface area contributed by atoms with Gasteiger partial charge in [-0.2, -0.15) is 0 Å². The Bertz CT molecular complexity index is 142. The highest BCUT2D eigenvalue weighted by molar-refractivity contribution is 4.70. The molecule has 0 heterocycles. The van der Waals surface area contributed by atoms with Crippen molar-refractivity contribution in [3.8, 4) is 0 Å². The molecule has 0 saturated heterocycles. The van der Waals surface area contributed by atoms with E-state index in [1.165, 1.54) is 0 Å². The van der Waals surface area contributed by atoms with Gasteiger partial charge >= 0.3 is 0 Å². The van der Waals surface area contributed by atoms with Gasteiger partial charge in [-0.3, -0.25) is 9.68 Å². The van der Waals surface area contributed by atoms with Crippen LogP contribution in [0.5, 0.6) is 0 Å². The van der Waals surface area contributed by atoms with E-state index >= 15 is 0 Å². The molecule has 0 unspecified atom stereocenters. The lowest BCUT2D eigenvalue weighted by molar-refractivity contribution is -0.548. The van der Waals surface area contributed by atoms with Gasteiger partial charge in [0, 0.05) is 0 Å². The van der Waals surface area contributed by atoms with Crippen molar-refractivity contribution in [1.29, 1.82) is 0 Å². The van der Waals surface area contributed by atoms with Crippen molar-refractivity contribution < 1.29 is 14.5 Å². The first-order chi connectivity index (χ1) is 6.44. The molecular weight excluding hydrogens is 182 g/mol. The standard InChI is InChI=1S/C10H23NO3/c1-7-12-11(13-8-2)14-10(5,6)9(3)4/h9H,7-8H2,1-6H3. The van der Waals surface area contributed by atoms with Crippen molar-refractivity contribution >= 4 is 0 Å². The van der Waals surface area contributed by atoms with Gasteiger partial charge < -0.3 is 0 Å². The Morgan fingerprint density at radius 3 is 1.79 bits per heavy atom. The Labute approximate surface area is 87.0 Å². The molecular formula is C10H23NO3. The predicted molar refractivity (Wildman–Crippen MR) is 55.1 cm³/mol. The van der Waals surface area contributed by atoms with Crippen LogP contribution in [0.4, 0.5) is 0 Å². The summed E-state index contributed by atoms with van der Waals surface area (Å²) >= 11 is 0. The van der Waals surface area contributed by atoms with Gasteiger partial charge in [0.15, 0.2) is 0 Å². The van der Waals surface area contributed by atoms with Crippen molar-refractivity contribution in [2.24, 2.45) is 5.92 Å². The minimum absolute atomic E-state index is 0.301. The fourth-order valence-electron chi connectivity index (χ4n) is 0.598. The van der Waals surface area contributed by atoms with E-state index in [0.29, 0.717) is 19.1 Å². The molecule has 14 heavy (non-hydrogen) atoms. The Balaban J connectivity index is 4.12. The minimum atomic E-state index is -0.301. The molecule has 0 aliphatic carbocycles. The maximum atomic E-state index is 5.57. The molecule has 0 aromatic rings. The average Bonchev–Trinajstić information content (AvgIpc) is 2.04. The van der Waals surface area contributed by atoms with E-state index in [0.717, 1.165) is 5.39 Å². The van der Waals surface area contributed by atoms with Crippen LogP contribution in [0.15, 0.2) is 0 Å². The molecule has 0 bridgehead atoms.